The van der Waals surface area contributed by atoms with Gasteiger partial charge in [-0.05, 0) is 55.5 Å². The van der Waals surface area contributed by atoms with Crippen molar-refractivity contribution >= 4 is 58.2 Å². The largest absolute Gasteiger partial charge is 0.478 e. The zero-order valence-electron chi connectivity index (χ0n) is 14.2. The molecule has 8 heteroatoms. The van der Waals surface area contributed by atoms with Crippen molar-refractivity contribution in [1.29, 1.82) is 0 Å². The van der Waals surface area contributed by atoms with Gasteiger partial charge in [-0.1, -0.05) is 11.6 Å². The third kappa shape index (κ3) is 4.67. The van der Waals surface area contributed by atoms with Crippen molar-refractivity contribution in [2.24, 2.45) is 0 Å². The van der Waals surface area contributed by atoms with Crippen LogP contribution >= 0.6 is 24.0 Å². The predicted molar refractivity (Wildman–Crippen MR) is 107 cm³/mol. The van der Waals surface area contributed by atoms with Gasteiger partial charge in [0.2, 0.25) is 0 Å². The van der Waals surface area contributed by atoms with Crippen molar-refractivity contribution in [3.05, 3.63) is 64.8 Å². The van der Waals surface area contributed by atoms with Gasteiger partial charge in [-0.15, -0.1) is 12.4 Å². The standard InChI is InChI=1S/C19H15ClN2O4.ClH/c1-2-26-19(25)17-10-16(14-8-5-12(20)9-15(14)22-17)21-13-6-3-11(4-7-13)18(23)24;/h3-10H,2H2,1H3,(H,21,22)(H,23,24);1H. The number of carboxylic acids is 1. The SMILES string of the molecule is CCOC(=O)c1cc(Nc2ccc(C(=O)O)cc2)c2ccc(Cl)cc2n1.Cl. The van der Waals surface area contributed by atoms with E-state index in [1.165, 1.54) is 12.1 Å². The number of esters is 1. The summed E-state index contributed by atoms with van der Waals surface area (Å²) in [6.07, 6.45) is 0. The highest BCUT2D eigenvalue weighted by Crippen LogP contribution is 2.29. The minimum atomic E-state index is -0.995. The molecule has 0 unspecified atom stereocenters. The molecule has 0 radical (unpaired) electrons. The van der Waals surface area contributed by atoms with Gasteiger partial charge in [0.15, 0.2) is 5.69 Å². The highest BCUT2D eigenvalue weighted by atomic mass is 35.5. The fourth-order valence-corrected chi connectivity index (χ4v) is 2.63. The summed E-state index contributed by atoms with van der Waals surface area (Å²) in [5.41, 5.74) is 2.21. The van der Waals surface area contributed by atoms with Crippen LogP contribution in [-0.4, -0.2) is 28.6 Å². The number of fused-ring (bicyclic) bond motifs is 1. The Morgan fingerprint density at radius 3 is 2.48 bits per heavy atom. The van der Waals surface area contributed by atoms with Crippen molar-refractivity contribution in [3.63, 3.8) is 0 Å². The van der Waals surface area contributed by atoms with E-state index in [9.17, 15) is 9.59 Å². The number of hydrogen-bond acceptors (Lipinski definition) is 5. The summed E-state index contributed by atoms with van der Waals surface area (Å²) < 4.78 is 5.03. The molecule has 2 aromatic carbocycles. The first-order valence-electron chi connectivity index (χ1n) is 7.85. The number of hydrogen-bond donors (Lipinski definition) is 2. The Hall–Kier alpha value is -2.83. The number of halogens is 2. The first-order chi connectivity index (χ1) is 12.5. The zero-order valence-corrected chi connectivity index (χ0v) is 15.8. The molecule has 6 nitrogen and oxygen atoms in total. The molecule has 2 N–H and O–H groups in total. The monoisotopic (exact) mass is 406 g/mol. The maximum atomic E-state index is 12.1. The Kier molecular flexibility index (Phi) is 6.60. The van der Waals surface area contributed by atoms with Crippen LogP contribution in [0.25, 0.3) is 10.9 Å². The van der Waals surface area contributed by atoms with Gasteiger partial charge in [-0.3, -0.25) is 0 Å². The molecule has 27 heavy (non-hydrogen) atoms. The first-order valence-corrected chi connectivity index (χ1v) is 8.23. The molecule has 3 rings (SSSR count). The summed E-state index contributed by atoms with van der Waals surface area (Å²) >= 11 is 6.04. The summed E-state index contributed by atoms with van der Waals surface area (Å²) in [4.78, 5) is 27.4. The van der Waals surface area contributed by atoms with Gasteiger partial charge in [0, 0.05) is 16.1 Å². The first kappa shape index (κ1) is 20.5. The van der Waals surface area contributed by atoms with Gasteiger partial charge in [0.25, 0.3) is 0 Å². The third-order valence-electron chi connectivity index (χ3n) is 3.67. The minimum Gasteiger partial charge on any atom is -0.478 e. The van der Waals surface area contributed by atoms with Crippen molar-refractivity contribution in [3.8, 4) is 0 Å². The topological polar surface area (TPSA) is 88.5 Å². The fourth-order valence-electron chi connectivity index (χ4n) is 2.47. The van der Waals surface area contributed by atoms with Crippen molar-refractivity contribution in [2.45, 2.75) is 6.92 Å². The Morgan fingerprint density at radius 1 is 1.15 bits per heavy atom. The number of nitrogens with one attached hydrogen (secondary N) is 1. The van der Waals surface area contributed by atoms with Crippen LogP contribution in [0.1, 0.15) is 27.8 Å². The van der Waals surface area contributed by atoms with Gasteiger partial charge in [0.1, 0.15) is 0 Å². The number of rotatable bonds is 5. The maximum absolute atomic E-state index is 12.1. The van der Waals surface area contributed by atoms with E-state index in [1.54, 1.807) is 43.3 Å². The average molecular weight is 407 g/mol. The normalized spacial score (nSPS) is 10.1. The summed E-state index contributed by atoms with van der Waals surface area (Å²) in [6, 6.07) is 13.1. The highest BCUT2D eigenvalue weighted by Gasteiger charge is 2.14. The second-order valence-corrected chi connectivity index (χ2v) is 5.88. The van der Waals surface area contributed by atoms with Crippen molar-refractivity contribution in [1.82, 2.24) is 4.98 Å². The lowest BCUT2D eigenvalue weighted by Gasteiger charge is -2.12. The fraction of sp³-hybridized carbons (Fsp3) is 0.105. The van der Waals surface area contributed by atoms with Crippen LogP contribution in [0.15, 0.2) is 48.5 Å². The second-order valence-electron chi connectivity index (χ2n) is 5.44. The van der Waals surface area contributed by atoms with E-state index in [0.29, 0.717) is 21.9 Å². The number of benzene rings is 2. The van der Waals surface area contributed by atoms with Crippen LogP contribution in [0.5, 0.6) is 0 Å². The molecule has 3 aromatic rings. The lowest BCUT2D eigenvalue weighted by atomic mass is 10.1. The molecular formula is C19H16Cl2N2O4. The quantitative estimate of drug-likeness (QED) is 0.584. The number of carboxylic acid groups (broad SMARTS) is 1. The van der Waals surface area contributed by atoms with E-state index in [2.05, 4.69) is 10.3 Å². The molecule has 0 aliphatic heterocycles. The number of ether oxygens (including phenoxy) is 1. The molecule has 0 amide bonds. The van der Waals surface area contributed by atoms with E-state index in [4.69, 9.17) is 21.4 Å². The van der Waals surface area contributed by atoms with Crippen LogP contribution < -0.4 is 5.32 Å². The Morgan fingerprint density at radius 2 is 1.85 bits per heavy atom. The molecular weight excluding hydrogens is 391 g/mol. The van der Waals surface area contributed by atoms with Gasteiger partial charge in [0.05, 0.1) is 23.4 Å². The minimum absolute atomic E-state index is 0. The predicted octanol–water partition coefficient (Wildman–Crippen LogP) is 4.93. The van der Waals surface area contributed by atoms with E-state index >= 15 is 0 Å². The molecule has 0 fully saturated rings. The third-order valence-corrected chi connectivity index (χ3v) is 3.90. The molecule has 0 bridgehead atoms. The molecule has 0 aliphatic rings. The van der Waals surface area contributed by atoms with Crippen LogP contribution in [0, 0.1) is 0 Å². The van der Waals surface area contributed by atoms with Crippen LogP contribution in [0.3, 0.4) is 0 Å². The number of pyridine rings is 1. The van der Waals surface area contributed by atoms with E-state index in [0.717, 1.165) is 5.39 Å². The summed E-state index contributed by atoms with van der Waals surface area (Å²) in [5, 5.41) is 13.4. The molecule has 0 saturated heterocycles. The molecule has 0 saturated carbocycles. The number of anilines is 2. The summed E-state index contributed by atoms with van der Waals surface area (Å²) in [7, 11) is 0. The van der Waals surface area contributed by atoms with Crippen LogP contribution in [0.2, 0.25) is 5.02 Å². The van der Waals surface area contributed by atoms with E-state index in [-0.39, 0.29) is 30.3 Å². The Bertz CT molecular complexity index is 991. The Balaban J connectivity index is 0.00000261. The smallest absolute Gasteiger partial charge is 0.357 e. The number of nitrogens with zero attached hydrogens (tertiary/aromatic N) is 1. The maximum Gasteiger partial charge on any atom is 0.357 e. The lowest BCUT2D eigenvalue weighted by Crippen LogP contribution is -2.08. The van der Waals surface area contributed by atoms with Gasteiger partial charge >= 0.3 is 11.9 Å². The van der Waals surface area contributed by atoms with Crippen molar-refractivity contribution < 1.29 is 19.4 Å². The lowest BCUT2D eigenvalue weighted by molar-refractivity contribution is 0.0519. The zero-order chi connectivity index (χ0) is 18.7. The summed E-state index contributed by atoms with van der Waals surface area (Å²) in [6.45, 7) is 1.96. The highest BCUT2D eigenvalue weighted by molar-refractivity contribution is 6.31. The number of carbonyl (C=O) groups excluding carboxylic acids is 1. The average Bonchev–Trinajstić information content (AvgIpc) is 2.61. The molecule has 1 aromatic heterocycles. The van der Waals surface area contributed by atoms with Gasteiger partial charge in [-0.2, -0.15) is 0 Å². The molecule has 0 atom stereocenters. The van der Waals surface area contributed by atoms with E-state index < -0.39 is 11.9 Å². The summed E-state index contributed by atoms with van der Waals surface area (Å²) in [5.74, 6) is -1.52. The van der Waals surface area contributed by atoms with Gasteiger partial charge in [-0.25, -0.2) is 14.6 Å². The molecule has 1 heterocycles. The second kappa shape index (κ2) is 8.70. The number of aromatic carboxylic acids is 1. The van der Waals surface area contributed by atoms with E-state index in [1.807, 2.05) is 0 Å². The van der Waals surface area contributed by atoms with Gasteiger partial charge < -0.3 is 15.2 Å². The Labute approximate surface area is 166 Å². The molecule has 140 valence electrons. The molecule has 0 aliphatic carbocycles. The van der Waals surface area contributed by atoms with Crippen LogP contribution in [0.4, 0.5) is 11.4 Å². The number of carbonyl (C=O) groups is 2. The number of aromatic nitrogens is 1. The van der Waals surface area contributed by atoms with Crippen LogP contribution in [-0.2, 0) is 4.74 Å². The van der Waals surface area contributed by atoms with Crippen molar-refractivity contribution in [2.75, 3.05) is 11.9 Å². The molecule has 0 spiro atoms.